The number of methoxy groups -OCH3 is 2. The van der Waals surface area contributed by atoms with Gasteiger partial charge in [0.25, 0.3) is 11.1 Å². The maximum absolute atomic E-state index is 15.1. The van der Waals surface area contributed by atoms with E-state index in [1.807, 2.05) is 60.7 Å². The van der Waals surface area contributed by atoms with Crippen molar-refractivity contribution in [1.29, 1.82) is 5.26 Å². The summed E-state index contributed by atoms with van der Waals surface area (Å²) >= 11 is 0. The van der Waals surface area contributed by atoms with Gasteiger partial charge in [-0.25, -0.2) is 14.3 Å². The van der Waals surface area contributed by atoms with Gasteiger partial charge in [0, 0.05) is 25.0 Å². The number of imidazole rings is 1. The number of aliphatic hydroxyl groups excluding tert-OH is 1. The van der Waals surface area contributed by atoms with Crippen LogP contribution in [0.5, 0.6) is 17.2 Å². The van der Waals surface area contributed by atoms with Crippen molar-refractivity contribution in [3.63, 3.8) is 0 Å². The number of phosphoric acid groups is 1. The van der Waals surface area contributed by atoms with Gasteiger partial charge in [-0.3, -0.25) is 57.2 Å². The fourth-order valence-electron chi connectivity index (χ4n) is 9.47. The first-order valence-electron chi connectivity index (χ1n) is 26.6. The number of anilines is 1. The van der Waals surface area contributed by atoms with E-state index in [2.05, 4.69) is 42.4 Å². The van der Waals surface area contributed by atoms with Crippen LogP contribution < -0.4 is 36.9 Å². The number of amides is 2. The number of aromatic nitrogens is 6. The molecule has 3 aromatic heterocycles. The number of aliphatic hydroxyl groups is 1. The van der Waals surface area contributed by atoms with Crippen LogP contribution in [0.3, 0.4) is 0 Å². The Kier molecular flexibility index (Phi) is 19.0. The predicted octanol–water partition coefficient (Wildman–Crippen LogP) is 5.08. The molecular formula is C58H60N9O16P. The number of H-pyrrole nitrogens is 2. The van der Waals surface area contributed by atoms with E-state index < -0.39 is 92.1 Å². The average molecular weight is 1170 g/mol. The number of rotatable bonds is 23. The Morgan fingerprint density at radius 2 is 1.50 bits per heavy atom. The van der Waals surface area contributed by atoms with Crippen molar-refractivity contribution >= 4 is 36.7 Å². The number of phenols is 1. The summed E-state index contributed by atoms with van der Waals surface area (Å²) in [5, 5.41) is 35.7. The third kappa shape index (κ3) is 13.8. The number of ether oxygens (including phenoxy) is 5. The number of nitrogens with zero attached hydrogens (tertiary/aromatic N) is 5. The van der Waals surface area contributed by atoms with Crippen molar-refractivity contribution in [3.8, 4) is 35.2 Å². The smallest absolute Gasteiger partial charge is 0.475 e. The van der Waals surface area contributed by atoms with Crippen LogP contribution in [0.15, 0.2) is 130 Å². The lowest BCUT2D eigenvalue weighted by atomic mass is 9.80. The Morgan fingerprint density at radius 3 is 2.15 bits per heavy atom. The lowest BCUT2D eigenvalue weighted by Gasteiger charge is -2.37. The van der Waals surface area contributed by atoms with Gasteiger partial charge in [-0.15, -0.1) is 0 Å². The molecule has 84 heavy (non-hydrogen) atoms. The molecule has 0 saturated carbocycles. The molecule has 3 unspecified atom stereocenters. The highest BCUT2D eigenvalue weighted by atomic mass is 31.2. The first-order valence-corrected chi connectivity index (χ1v) is 28.0. The maximum atomic E-state index is 15.1. The molecule has 7 atom stereocenters. The minimum absolute atomic E-state index is 0.000586. The van der Waals surface area contributed by atoms with Gasteiger partial charge in [-0.05, 0) is 58.7 Å². The third-order valence-corrected chi connectivity index (χ3v) is 15.3. The SMILES string of the molecule is COc1ccc(C(OC[C@H]2O[C@@H](n3cc(C#CCNC(=O)Cc4ccc(O)cc4)c(=O)[nH]c3=O)CC2OP(=O)(OCCC#N)OC[C@H]2O[C@@H](n3cnc4c(=O)[nH]c(NC(=O)C(C)C)nc43)CC2O)(c2ccccc2)c2ccc(OC)cc2)cc1. The van der Waals surface area contributed by atoms with Gasteiger partial charge in [0.15, 0.2) is 11.2 Å². The molecule has 2 amide bonds. The van der Waals surface area contributed by atoms with Crippen LogP contribution >= 0.6 is 7.82 Å². The predicted molar refractivity (Wildman–Crippen MR) is 301 cm³/mol. The Labute approximate surface area is 480 Å². The minimum atomic E-state index is -4.86. The van der Waals surface area contributed by atoms with Crippen molar-refractivity contribution in [2.45, 2.75) is 82.0 Å². The van der Waals surface area contributed by atoms with Crippen LogP contribution in [0.2, 0.25) is 0 Å². The number of nitrogens with one attached hydrogen (secondary N) is 4. The number of hydrogen-bond acceptors (Lipinski definition) is 19. The molecule has 2 saturated heterocycles. The Bertz CT molecular complexity index is 3750. The Hall–Kier alpha value is -8.75. The monoisotopic (exact) mass is 1170 g/mol. The third-order valence-electron chi connectivity index (χ3n) is 13.8. The fraction of sp³-hybridized carbons (Fsp3) is 0.345. The molecule has 7 aromatic rings. The van der Waals surface area contributed by atoms with Crippen LogP contribution in [-0.2, 0) is 54.0 Å². The van der Waals surface area contributed by atoms with E-state index >= 15 is 4.57 Å². The van der Waals surface area contributed by atoms with Gasteiger partial charge < -0.3 is 39.2 Å². The highest BCUT2D eigenvalue weighted by Crippen LogP contribution is 2.54. The number of fused-ring (bicyclic) bond motifs is 1. The first kappa shape index (κ1) is 59.9. The minimum Gasteiger partial charge on any atom is -0.508 e. The molecule has 25 nitrogen and oxygen atoms in total. The molecule has 0 radical (unpaired) electrons. The fourth-order valence-corrected chi connectivity index (χ4v) is 10.9. The van der Waals surface area contributed by atoms with Crippen LogP contribution in [0.1, 0.15) is 73.4 Å². The van der Waals surface area contributed by atoms with Gasteiger partial charge >= 0.3 is 13.5 Å². The standard InChI is InChI=1S/C58H60N9O16P/c1-35(2)53(71)63-56-62-52-51(55(73)64-56)61-34-67(52)49-29-44(69)46(81-49)33-80-84(75,79-27-9-25-59)83-45-30-50(66-31-37(54(72)65-57(66)74)10-8-26-60-48(70)28-36-13-19-41(68)20-14-36)82-47(45)32-78-58(38-11-6-5-7-12-38,39-15-21-42(76-3)22-16-39)40-17-23-43(77-4)24-18-40/h5-7,11-24,31,34-35,44-47,49-50,68-69H,9,26-30,32-33H2,1-4H3,(H,60,70)(H,65,72,74)(H2,62,63,64,71,73)/t44?,45?,46-,47-,49-,50-,84?/m1/s1. The van der Waals surface area contributed by atoms with Crippen LogP contribution in [0.25, 0.3) is 11.2 Å². The number of carbonyl (C=O) groups is 2. The van der Waals surface area contributed by atoms with Crippen molar-refractivity contribution < 1.29 is 61.6 Å². The molecule has 4 aromatic carbocycles. The van der Waals surface area contributed by atoms with E-state index in [-0.39, 0.29) is 73.2 Å². The number of carbonyl (C=O) groups excluding carboxylic acids is 2. The highest BCUT2D eigenvalue weighted by Gasteiger charge is 2.47. The average Bonchev–Trinajstić information content (AvgIpc) is 2.24. The van der Waals surface area contributed by atoms with Crippen LogP contribution in [0.4, 0.5) is 5.95 Å². The molecule has 2 aliphatic rings. The van der Waals surface area contributed by atoms with Gasteiger partial charge in [0.1, 0.15) is 59.2 Å². The maximum Gasteiger partial charge on any atom is 0.475 e. The zero-order valence-electron chi connectivity index (χ0n) is 46.0. The van der Waals surface area contributed by atoms with Crippen LogP contribution in [0, 0.1) is 29.1 Å². The van der Waals surface area contributed by atoms with Crippen molar-refractivity contribution in [2.24, 2.45) is 5.92 Å². The molecular weight excluding hydrogens is 1110 g/mol. The molecule has 26 heteroatoms. The van der Waals surface area contributed by atoms with E-state index in [0.29, 0.717) is 33.8 Å². The van der Waals surface area contributed by atoms with E-state index in [9.17, 15) is 39.4 Å². The molecule has 0 bridgehead atoms. The molecule has 6 N–H and O–H groups in total. The van der Waals surface area contributed by atoms with Crippen molar-refractivity contribution in [1.82, 2.24) is 34.4 Å². The number of nitriles is 1. The number of benzene rings is 4. The molecule has 0 spiro atoms. The van der Waals surface area contributed by atoms with E-state index in [0.717, 1.165) is 4.57 Å². The summed E-state index contributed by atoms with van der Waals surface area (Å²) < 4.78 is 66.9. The summed E-state index contributed by atoms with van der Waals surface area (Å²) in [5.74, 6) is 5.30. The van der Waals surface area contributed by atoms with Crippen molar-refractivity contribution in [3.05, 3.63) is 175 Å². The Balaban J connectivity index is 1.03. The van der Waals surface area contributed by atoms with Gasteiger partial charge in [-0.2, -0.15) is 10.2 Å². The number of phosphoric ester groups is 1. The van der Waals surface area contributed by atoms with Gasteiger partial charge in [0.05, 0.1) is 71.9 Å². The van der Waals surface area contributed by atoms with E-state index in [1.165, 1.54) is 29.2 Å². The lowest BCUT2D eigenvalue weighted by molar-refractivity contribution is -0.120. The van der Waals surface area contributed by atoms with Crippen molar-refractivity contribution in [2.75, 3.05) is 45.9 Å². The normalized spacial score (nSPS) is 19.2. The zero-order valence-corrected chi connectivity index (χ0v) is 46.9. The summed E-state index contributed by atoms with van der Waals surface area (Å²) in [4.78, 5) is 78.5. The van der Waals surface area contributed by atoms with Gasteiger partial charge in [0.2, 0.25) is 17.8 Å². The second-order valence-electron chi connectivity index (χ2n) is 19.8. The number of hydrogen-bond donors (Lipinski definition) is 6. The highest BCUT2D eigenvalue weighted by molar-refractivity contribution is 7.48. The summed E-state index contributed by atoms with van der Waals surface area (Å²) in [6, 6.07) is 31.9. The molecule has 0 aliphatic carbocycles. The molecule has 2 fully saturated rings. The topological polar surface area (TPSA) is 332 Å². The van der Waals surface area contributed by atoms with E-state index in [4.69, 9.17) is 37.3 Å². The first-order chi connectivity index (χ1) is 40.5. The second kappa shape index (κ2) is 26.7. The summed E-state index contributed by atoms with van der Waals surface area (Å²) in [6.07, 6.45) is -5.41. The quantitative estimate of drug-likeness (QED) is 0.0210. The Morgan fingerprint density at radius 1 is 0.845 bits per heavy atom. The molecule has 5 heterocycles. The summed E-state index contributed by atoms with van der Waals surface area (Å²) in [5.41, 5.74) is -1.37. The lowest BCUT2D eigenvalue weighted by Crippen LogP contribution is -2.38. The number of aromatic amines is 2. The van der Waals surface area contributed by atoms with Crippen LogP contribution in [-0.4, -0.2) is 116 Å². The molecule has 2 aliphatic heterocycles. The van der Waals surface area contributed by atoms with E-state index in [1.54, 1.807) is 64.5 Å². The number of aromatic hydroxyl groups is 1. The second-order valence-corrected chi connectivity index (χ2v) is 21.4. The van der Waals surface area contributed by atoms with Gasteiger partial charge in [-0.1, -0.05) is 92.4 Å². The largest absolute Gasteiger partial charge is 0.508 e. The molecule has 9 rings (SSSR count). The summed E-state index contributed by atoms with van der Waals surface area (Å²) in [7, 11) is -1.77. The summed E-state index contributed by atoms with van der Waals surface area (Å²) in [6.45, 7) is 1.77. The molecule has 438 valence electrons. The number of phenolic OH excluding ortho intramolecular Hbond substituents is 1. The zero-order chi connectivity index (χ0) is 59.5.